The van der Waals surface area contributed by atoms with E-state index in [0.29, 0.717) is 16.4 Å². The zero-order valence-corrected chi connectivity index (χ0v) is 10.9. The fourth-order valence-electron chi connectivity index (χ4n) is 2.23. The first kappa shape index (κ1) is 12.2. The van der Waals surface area contributed by atoms with Crippen molar-refractivity contribution in [3.8, 4) is 17.0 Å². The molecule has 1 aromatic heterocycles. The van der Waals surface area contributed by atoms with Gasteiger partial charge in [0.2, 0.25) is 5.88 Å². The van der Waals surface area contributed by atoms with Crippen LogP contribution in [0.4, 0.5) is 0 Å². The highest BCUT2D eigenvalue weighted by atomic mass is 35.5. The van der Waals surface area contributed by atoms with E-state index in [2.05, 4.69) is 9.97 Å². The van der Waals surface area contributed by atoms with Gasteiger partial charge in [0.25, 0.3) is 5.56 Å². The highest BCUT2D eigenvalue weighted by Crippen LogP contribution is 2.35. The molecule has 4 nitrogen and oxygen atoms in total. The molecule has 0 bridgehead atoms. The van der Waals surface area contributed by atoms with Crippen LogP contribution in [0.1, 0.15) is 31.0 Å². The van der Waals surface area contributed by atoms with Crippen LogP contribution in [-0.4, -0.2) is 15.1 Å². The molecule has 1 aromatic carbocycles. The number of nitrogens with zero attached hydrogens (tertiary/aromatic N) is 1. The van der Waals surface area contributed by atoms with Gasteiger partial charge in [-0.2, -0.15) is 4.98 Å². The minimum atomic E-state index is -0.309. The Hall–Kier alpha value is -1.81. The Morgan fingerprint density at radius 2 is 1.95 bits per heavy atom. The quantitative estimate of drug-likeness (QED) is 0.886. The fraction of sp³-hybridized carbons (Fsp3) is 0.286. The normalized spacial score (nSPS) is 15.2. The summed E-state index contributed by atoms with van der Waals surface area (Å²) in [5, 5.41) is 10.6. The number of aromatic amines is 1. The van der Waals surface area contributed by atoms with E-state index < -0.39 is 0 Å². The van der Waals surface area contributed by atoms with E-state index >= 15 is 0 Å². The third-order valence-electron chi connectivity index (χ3n) is 3.54. The molecule has 1 aliphatic carbocycles. The van der Waals surface area contributed by atoms with Gasteiger partial charge in [-0.15, -0.1) is 0 Å². The third-order valence-corrected chi connectivity index (χ3v) is 3.80. The SMILES string of the molecule is O=c1[nH]c(C2CCC2)nc(O)c1-c1ccc(Cl)cc1. The average molecular weight is 277 g/mol. The smallest absolute Gasteiger partial charge is 0.262 e. The molecule has 0 spiro atoms. The third kappa shape index (κ3) is 2.24. The Morgan fingerprint density at radius 3 is 2.47 bits per heavy atom. The van der Waals surface area contributed by atoms with E-state index in [1.807, 2.05) is 0 Å². The average Bonchev–Trinajstić information content (AvgIpc) is 2.28. The lowest BCUT2D eigenvalue weighted by Crippen LogP contribution is -2.19. The van der Waals surface area contributed by atoms with E-state index in [9.17, 15) is 9.90 Å². The highest BCUT2D eigenvalue weighted by Gasteiger charge is 2.24. The first-order chi connectivity index (χ1) is 9.15. The number of benzene rings is 1. The van der Waals surface area contributed by atoms with E-state index in [0.717, 1.165) is 19.3 Å². The molecule has 0 aliphatic heterocycles. The van der Waals surface area contributed by atoms with Gasteiger partial charge in [-0.05, 0) is 30.5 Å². The molecule has 2 N–H and O–H groups in total. The molecule has 0 atom stereocenters. The summed E-state index contributed by atoms with van der Waals surface area (Å²) < 4.78 is 0. The predicted octanol–water partition coefficient (Wildman–Crippen LogP) is 3.06. The lowest BCUT2D eigenvalue weighted by atomic mass is 9.85. The van der Waals surface area contributed by atoms with Crippen LogP contribution in [0.2, 0.25) is 5.02 Å². The molecular formula is C14H13ClN2O2. The van der Waals surface area contributed by atoms with Gasteiger partial charge in [0.15, 0.2) is 0 Å². The summed E-state index contributed by atoms with van der Waals surface area (Å²) in [7, 11) is 0. The van der Waals surface area contributed by atoms with Crippen LogP contribution in [0, 0.1) is 0 Å². The molecule has 1 saturated carbocycles. The lowest BCUT2D eigenvalue weighted by molar-refractivity contribution is 0.387. The number of aromatic nitrogens is 2. The van der Waals surface area contributed by atoms with Crippen LogP contribution in [0.25, 0.3) is 11.1 Å². The number of aromatic hydroxyl groups is 1. The van der Waals surface area contributed by atoms with Crippen molar-refractivity contribution in [2.75, 3.05) is 0 Å². The molecule has 19 heavy (non-hydrogen) atoms. The van der Waals surface area contributed by atoms with Gasteiger partial charge in [-0.3, -0.25) is 4.79 Å². The molecule has 5 heteroatoms. The van der Waals surface area contributed by atoms with Crippen molar-refractivity contribution in [1.82, 2.24) is 9.97 Å². The number of nitrogens with one attached hydrogen (secondary N) is 1. The minimum Gasteiger partial charge on any atom is -0.493 e. The largest absolute Gasteiger partial charge is 0.493 e. The first-order valence-corrected chi connectivity index (χ1v) is 6.62. The summed E-state index contributed by atoms with van der Waals surface area (Å²) >= 11 is 5.81. The predicted molar refractivity (Wildman–Crippen MR) is 73.6 cm³/mol. The van der Waals surface area contributed by atoms with E-state index in [-0.39, 0.29) is 22.9 Å². The van der Waals surface area contributed by atoms with Crippen molar-refractivity contribution in [2.45, 2.75) is 25.2 Å². The van der Waals surface area contributed by atoms with Crippen LogP contribution in [0.5, 0.6) is 5.88 Å². The monoisotopic (exact) mass is 276 g/mol. The number of H-pyrrole nitrogens is 1. The van der Waals surface area contributed by atoms with Crippen LogP contribution >= 0.6 is 11.6 Å². The second kappa shape index (κ2) is 4.70. The van der Waals surface area contributed by atoms with Crippen LogP contribution in [0.3, 0.4) is 0 Å². The Balaban J connectivity index is 2.06. The highest BCUT2D eigenvalue weighted by molar-refractivity contribution is 6.30. The second-order valence-electron chi connectivity index (χ2n) is 4.78. The first-order valence-electron chi connectivity index (χ1n) is 6.24. The fourth-order valence-corrected chi connectivity index (χ4v) is 2.36. The summed E-state index contributed by atoms with van der Waals surface area (Å²) in [5.74, 6) is 0.650. The zero-order chi connectivity index (χ0) is 13.4. The molecule has 0 saturated heterocycles. The van der Waals surface area contributed by atoms with Gasteiger partial charge < -0.3 is 10.1 Å². The second-order valence-corrected chi connectivity index (χ2v) is 5.22. The van der Waals surface area contributed by atoms with Gasteiger partial charge in [0.1, 0.15) is 11.4 Å². The molecule has 0 unspecified atom stereocenters. The van der Waals surface area contributed by atoms with Crippen molar-refractivity contribution in [2.24, 2.45) is 0 Å². The van der Waals surface area contributed by atoms with Crippen molar-refractivity contribution in [3.05, 3.63) is 45.5 Å². The molecule has 1 aliphatic rings. The van der Waals surface area contributed by atoms with Crippen LogP contribution < -0.4 is 5.56 Å². The summed E-state index contributed by atoms with van der Waals surface area (Å²) in [5.41, 5.74) is 0.493. The van der Waals surface area contributed by atoms with Crippen molar-refractivity contribution in [1.29, 1.82) is 0 Å². The van der Waals surface area contributed by atoms with Crippen LogP contribution in [-0.2, 0) is 0 Å². The van der Waals surface area contributed by atoms with Gasteiger partial charge in [-0.25, -0.2) is 0 Å². The van der Waals surface area contributed by atoms with Crippen molar-refractivity contribution in [3.63, 3.8) is 0 Å². The number of hydrogen-bond acceptors (Lipinski definition) is 3. The van der Waals surface area contributed by atoms with Gasteiger partial charge in [-0.1, -0.05) is 30.2 Å². The summed E-state index contributed by atoms with van der Waals surface area (Å²) in [6, 6.07) is 6.74. The summed E-state index contributed by atoms with van der Waals surface area (Å²) in [6.07, 6.45) is 3.18. The van der Waals surface area contributed by atoms with E-state index in [1.54, 1.807) is 24.3 Å². The topological polar surface area (TPSA) is 66.0 Å². The van der Waals surface area contributed by atoms with Gasteiger partial charge >= 0.3 is 0 Å². The molecule has 1 fully saturated rings. The Labute approximate surface area is 115 Å². The van der Waals surface area contributed by atoms with Gasteiger partial charge in [0.05, 0.1) is 0 Å². The number of hydrogen-bond donors (Lipinski definition) is 2. The minimum absolute atomic E-state index is 0.194. The molecule has 98 valence electrons. The summed E-state index contributed by atoms with van der Waals surface area (Å²) in [6.45, 7) is 0. The molecule has 1 heterocycles. The maximum absolute atomic E-state index is 12.1. The van der Waals surface area contributed by atoms with E-state index in [4.69, 9.17) is 11.6 Å². The lowest BCUT2D eigenvalue weighted by Gasteiger charge is -2.24. The molecule has 0 radical (unpaired) electrons. The molecular weight excluding hydrogens is 264 g/mol. The van der Waals surface area contributed by atoms with Crippen molar-refractivity contribution < 1.29 is 5.11 Å². The van der Waals surface area contributed by atoms with E-state index in [1.165, 1.54) is 0 Å². The standard InChI is InChI=1S/C14H13ClN2O2/c15-10-6-4-8(5-7-10)11-13(18)16-12(17-14(11)19)9-2-1-3-9/h4-7,9H,1-3H2,(H2,16,17,18,19). The van der Waals surface area contributed by atoms with Crippen molar-refractivity contribution >= 4 is 11.6 Å². The maximum Gasteiger partial charge on any atom is 0.262 e. The molecule has 2 aromatic rings. The zero-order valence-electron chi connectivity index (χ0n) is 10.2. The van der Waals surface area contributed by atoms with Crippen LogP contribution in [0.15, 0.2) is 29.1 Å². The Bertz CT molecular complexity index is 660. The Morgan fingerprint density at radius 1 is 1.26 bits per heavy atom. The Kier molecular flexibility index (Phi) is 3.03. The summed E-state index contributed by atoms with van der Waals surface area (Å²) in [4.78, 5) is 19.0. The molecule has 3 rings (SSSR count). The number of halogens is 1. The maximum atomic E-state index is 12.1. The van der Waals surface area contributed by atoms with Gasteiger partial charge in [0, 0.05) is 10.9 Å². The number of rotatable bonds is 2. The molecule has 0 amide bonds.